The lowest BCUT2D eigenvalue weighted by Gasteiger charge is -2.30. The summed E-state index contributed by atoms with van der Waals surface area (Å²) in [4.78, 5) is 13.0. The quantitative estimate of drug-likeness (QED) is 0.434. The highest BCUT2D eigenvalue weighted by atomic mass is 32.2. The Morgan fingerprint density at radius 3 is 2.74 bits per heavy atom. The molecule has 146 valence electrons. The van der Waals surface area contributed by atoms with Crippen LogP contribution in [0.4, 0.5) is 10.3 Å². The number of oxime groups is 1. The van der Waals surface area contributed by atoms with Gasteiger partial charge in [-0.05, 0) is 19.8 Å². The van der Waals surface area contributed by atoms with E-state index >= 15 is 0 Å². The van der Waals surface area contributed by atoms with Crippen LogP contribution in [0.3, 0.4) is 0 Å². The van der Waals surface area contributed by atoms with E-state index in [0.717, 1.165) is 17.5 Å². The Labute approximate surface area is 160 Å². The third-order valence-electron chi connectivity index (χ3n) is 4.20. The van der Waals surface area contributed by atoms with Crippen LogP contribution in [0.1, 0.15) is 23.5 Å². The number of sulfonamides is 1. The lowest BCUT2D eigenvalue weighted by Crippen LogP contribution is -2.42. The van der Waals surface area contributed by atoms with E-state index in [1.165, 1.54) is 16.8 Å². The van der Waals surface area contributed by atoms with E-state index in [-0.39, 0.29) is 17.7 Å². The smallest absolute Gasteiger partial charge is 0.223 e. The van der Waals surface area contributed by atoms with Crippen LogP contribution >= 0.6 is 11.3 Å². The van der Waals surface area contributed by atoms with Gasteiger partial charge >= 0.3 is 0 Å². The van der Waals surface area contributed by atoms with Crippen molar-refractivity contribution < 1.29 is 18.0 Å². The minimum atomic E-state index is -3.19. The maximum atomic E-state index is 14.3. The van der Waals surface area contributed by atoms with Gasteiger partial charge in [-0.15, -0.1) is 11.3 Å². The maximum Gasteiger partial charge on any atom is 0.223 e. The van der Waals surface area contributed by atoms with Crippen molar-refractivity contribution in [2.75, 3.05) is 24.7 Å². The molecule has 3 heterocycles. The highest BCUT2D eigenvalue weighted by Crippen LogP contribution is 2.30. The molecule has 1 saturated heterocycles. The number of rotatable bonds is 5. The number of anilines is 1. The molecule has 0 atom stereocenters. The molecule has 0 bridgehead atoms. The van der Waals surface area contributed by atoms with E-state index in [1.807, 2.05) is 0 Å². The van der Waals surface area contributed by atoms with Crippen LogP contribution in [0.2, 0.25) is 0 Å². The minimum absolute atomic E-state index is 0.000882. The van der Waals surface area contributed by atoms with Crippen molar-refractivity contribution in [3.05, 3.63) is 22.7 Å². The molecule has 0 radical (unpaired) electrons. The molecule has 12 heteroatoms. The molecule has 1 fully saturated rings. The summed E-state index contributed by atoms with van der Waals surface area (Å²) in [5.41, 5.74) is 0.688. The molecule has 0 saturated carbocycles. The second-order valence-electron chi connectivity index (χ2n) is 6.18. The fraction of sp³-hybridized carbons (Fsp3) is 0.467. The van der Waals surface area contributed by atoms with Gasteiger partial charge < -0.3 is 10.5 Å². The van der Waals surface area contributed by atoms with E-state index in [0.29, 0.717) is 41.5 Å². The fourth-order valence-electron chi connectivity index (χ4n) is 2.85. The van der Waals surface area contributed by atoms with E-state index in [9.17, 15) is 12.8 Å². The molecular formula is C15H19FN6O3S2. The van der Waals surface area contributed by atoms with Gasteiger partial charge in [0.15, 0.2) is 5.82 Å². The molecule has 0 unspecified atom stereocenters. The first-order valence-corrected chi connectivity index (χ1v) is 10.8. The number of hydrogen-bond acceptors (Lipinski definition) is 9. The van der Waals surface area contributed by atoms with Crippen molar-refractivity contribution >= 4 is 33.5 Å². The number of aromatic nitrogens is 3. The molecule has 0 spiro atoms. The molecule has 27 heavy (non-hydrogen) atoms. The van der Waals surface area contributed by atoms with E-state index in [1.54, 1.807) is 6.92 Å². The number of piperidine rings is 1. The van der Waals surface area contributed by atoms with Crippen LogP contribution < -0.4 is 5.32 Å². The summed E-state index contributed by atoms with van der Waals surface area (Å²) in [6.07, 6.45) is 4.69. The monoisotopic (exact) mass is 414 g/mol. The Morgan fingerprint density at radius 1 is 1.41 bits per heavy atom. The van der Waals surface area contributed by atoms with E-state index in [4.69, 9.17) is 5.21 Å². The Morgan fingerprint density at radius 2 is 2.11 bits per heavy atom. The van der Waals surface area contributed by atoms with Crippen molar-refractivity contribution in [3.63, 3.8) is 0 Å². The predicted molar refractivity (Wildman–Crippen MR) is 100 cm³/mol. The van der Waals surface area contributed by atoms with Gasteiger partial charge in [0.1, 0.15) is 16.9 Å². The SMILES string of the molecule is Cc1nc(C=NO)sc1-c1nc(NC2CCN(S(C)(=O)=O)CC2)ncc1F. The number of nitrogens with zero attached hydrogens (tertiary/aromatic N) is 5. The first kappa shape index (κ1) is 19.6. The van der Waals surface area contributed by atoms with Crippen LogP contribution in [0, 0.1) is 12.7 Å². The zero-order valence-electron chi connectivity index (χ0n) is 14.8. The van der Waals surface area contributed by atoms with Gasteiger partial charge in [0, 0.05) is 19.1 Å². The number of hydrogen-bond donors (Lipinski definition) is 2. The van der Waals surface area contributed by atoms with Crippen molar-refractivity contribution in [1.82, 2.24) is 19.3 Å². The predicted octanol–water partition coefficient (Wildman–Crippen LogP) is 1.69. The molecule has 9 nitrogen and oxygen atoms in total. The molecule has 0 amide bonds. The van der Waals surface area contributed by atoms with Crippen LogP contribution in [0.25, 0.3) is 10.6 Å². The first-order chi connectivity index (χ1) is 12.8. The van der Waals surface area contributed by atoms with Crippen molar-refractivity contribution in [2.24, 2.45) is 5.16 Å². The Balaban J connectivity index is 1.77. The summed E-state index contributed by atoms with van der Waals surface area (Å²) in [5.74, 6) is -0.305. The summed E-state index contributed by atoms with van der Waals surface area (Å²) >= 11 is 1.16. The Kier molecular flexibility index (Phi) is 5.67. The number of thiazole rings is 1. The zero-order chi connectivity index (χ0) is 19.6. The molecule has 0 aliphatic carbocycles. The van der Waals surface area contributed by atoms with Gasteiger partial charge in [0.2, 0.25) is 16.0 Å². The molecule has 3 rings (SSSR count). The summed E-state index contributed by atoms with van der Waals surface area (Å²) in [6.45, 7) is 2.56. The molecule has 1 aliphatic rings. The average molecular weight is 414 g/mol. The zero-order valence-corrected chi connectivity index (χ0v) is 16.4. The van der Waals surface area contributed by atoms with Gasteiger partial charge in [0.25, 0.3) is 0 Å². The highest BCUT2D eigenvalue weighted by molar-refractivity contribution is 7.88. The van der Waals surface area contributed by atoms with Crippen LogP contribution in [0.15, 0.2) is 11.4 Å². The average Bonchev–Trinajstić information content (AvgIpc) is 2.97. The largest absolute Gasteiger partial charge is 0.411 e. The van der Waals surface area contributed by atoms with Crippen molar-refractivity contribution in [2.45, 2.75) is 25.8 Å². The van der Waals surface area contributed by atoms with Crippen LogP contribution in [-0.2, 0) is 10.0 Å². The normalized spacial score (nSPS) is 16.9. The minimum Gasteiger partial charge on any atom is -0.411 e. The van der Waals surface area contributed by atoms with Gasteiger partial charge in [-0.2, -0.15) is 0 Å². The number of nitrogens with one attached hydrogen (secondary N) is 1. The van der Waals surface area contributed by atoms with Crippen molar-refractivity contribution in [1.29, 1.82) is 0 Å². The second-order valence-corrected chi connectivity index (χ2v) is 9.20. The lowest BCUT2D eigenvalue weighted by atomic mass is 10.1. The Hall–Kier alpha value is -2.18. The van der Waals surface area contributed by atoms with Gasteiger partial charge in [-0.3, -0.25) is 0 Å². The molecule has 2 aromatic heterocycles. The summed E-state index contributed by atoms with van der Waals surface area (Å²) in [6, 6.07) is 0.000882. The molecule has 2 N–H and O–H groups in total. The van der Waals surface area contributed by atoms with Crippen LogP contribution in [0.5, 0.6) is 0 Å². The molecule has 2 aromatic rings. The topological polar surface area (TPSA) is 121 Å². The number of aryl methyl sites for hydroxylation is 1. The Bertz CT molecular complexity index is 954. The van der Waals surface area contributed by atoms with E-state index in [2.05, 4.69) is 25.4 Å². The molecule has 1 aliphatic heterocycles. The highest BCUT2D eigenvalue weighted by Gasteiger charge is 2.25. The van der Waals surface area contributed by atoms with Crippen LogP contribution in [-0.4, -0.2) is 64.5 Å². The van der Waals surface area contributed by atoms with Crippen molar-refractivity contribution in [3.8, 4) is 10.6 Å². The summed E-state index contributed by atoms with van der Waals surface area (Å²) in [5, 5.41) is 15.1. The molecule has 0 aromatic carbocycles. The van der Waals surface area contributed by atoms with Gasteiger partial charge in [-0.25, -0.2) is 32.1 Å². The first-order valence-electron chi connectivity index (χ1n) is 8.17. The maximum absolute atomic E-state index is 14.3. The number of halogens is 1. The van der Waals surface area contributed by atoms with Gasteiger partial charge in [-0.1, -0.05) is 5.16 Å². The molecular weight excluding hydrogens is 395 g/mol. The summed E-state index contributed by atoms with van der Waals surface area (Å²) < 4.78 is 38.9. The third-order valence-corrected chi connectivity index (χ3v) is 6.60. The lowest BCUT2D eigenvalue weighted by molar-refractivity contribution is 0.322. The summed E-state index contributed by atoms with van der Waals surface area (Å²) in [7, 11) is -3.19. The standard InChI is InChI=1S/C15H19FN6O3S2/c1-9-14(26-12(19-9)8-18-23)13-11(16)7-17-15(21-13)20-10-3-5-22(6-4-10)27(2,24)25/h7-8,10,23H,3-6H2,1-2H3,(H,17,20,21). The second kappa shape index (κ2) is 7.82. The fourth-order valence-corrected chi connectivity index (χ4v) is 4.65. The third kappa shape index (κ3) is 4.57. The van der Waals surface area contributed by atoms with E-state index < -0.39 is 15.8 Å². The van der Waals surface area contributed by atoms with Gasteiger partial charge in [0.05, 0.1) is 23.0 Å².